The highest BCUT2D eigenvalue weighted by atomic mass is 35.5. The fourth-order valence-corrected chi connectivity index (χ4v) is 21.2. The van der Waals surface area contributed by atoms with E-state index in [1.807, 2.05) is 52.0 Å². The van der Waals surface area contributed by atoms with Gasteiger partial charge in [0.1, 0.15) is 68.3 Å². The molecule has 0 aliphatic carbocycles. The predicted molar refractivity (Wildman–Crippen MR) is 528 cm³/mol. The van der Waals surface area contributed by atoms with Crippen molar-refractivity contribution in [2.24, 2.45) is 48.2 Å². The van der Waals surface area contributed by atoms with Crippen LogP contribution in [0.1, 0.15) is 165 Å². The van der Waals surface area contributed by atoms with Crippen LogP contribution in [0.4, 0.5) is 84.7 Å². The molecule has 0 bridgehead atoms. The molecule has 3 aliphatic rings. The van der Waals surface area contributed by atoms with Crippen molar-refractivity contribution in [3.63, 3.8) is 0 Å². The number of halogens is 19. The Kier molecular flexibility index (Phi) is 37.9. The zero-order valence-electron chi connectivity index (χ0n) is 81.6. The number of hydrogen-bond acceptors (Lipinski definition) is 20. The molecule has 3 saturated heterocycles. The average Bonchev–Trinajstić information content (AvgIpc) is 1.67. The van der Waals surface area contributed by atoms with Gasteiger partial charge in [-0.05, 0) is 171 Å². The van der Waals surface area contributed by atoms with E-state index in [1.54, 1.807) is 128 Å². The molecule has 0 unspecified atom stereocenters. The Bertz CT molecular complexity index is 6700. The van der Waals surface area contributed by atoms with Gasteiger partial charge in [-0.15, -0.1) is 68.0 Å². The van der Waals surface area contributed by atoms with Gasteiger partial charge >= 0.3 is 37.1 Å². The molecule has 1 aromatic carbocycles. The number of alkyl halides is 18. The fraction of sp³-hybridized carbons (Fsp3) is 0.421. The van der Waals surface area contributed by atoms with Crippen molar-refractivity contribution in [3.05, 3.63) is 202 Å². The number of anilines is 1. The van der Waals surface area contributed by atoms with Gasteiger partial charge < -0.3 is 39.2 Å². The van der Waals surface area contributed by atoms with Crippen molar-refractivity contribution >= 4 is 127 Å². The van der Waals surface area contributed by atoms with E-state index in [0.29, 0.717) is 141 Å². The molecule has 3 aliphatic heterocycles. The lowest BCUT2D eigenvalue weighted by Gasteiger charge is -2.36. The van der Waals surface area contributed by atoms with Crippen molar-refractivity contribution in [3.8, 4) is 63.4 Å². The number of piperidine rings is 1. The van der Waals surface area contributed by atoms with Crippen LogP contribution in [0.25, 0.3) is 63.4 Å². The molecule has 52 heteroatoms. The molecule has 0 radical (unpaired) electrons. The third-order valence-corrected chi connectivity index (χ3v) is 29.8. The first kappa shape index (κ1) is 115. The van der Waals surface area contributed by atoms with E-state index in [-0.39, 0.29) is 75.5 Å². The molecule has 0 atom stereocenters. The second-order valence-electron chi connectivity index (χ2n) is 34.5. The Morgan fingerprint density at radius 1 is 0.327 bits per heavy atom. The second kappa shape index (κ2) is 48.4. The SMILES string of the molecule is CC(=O)N1CCN(C(=O)c2ccc(-c3cc(C(F)(F)F)n(C)n3)s2)CC1.CC(C)CN(C)C(=O)c1ccc(-c2cc(C(F)(F)F)n(C)n2)s1.CCCCN(C)C(=O)c1ccc(-c2cc(C(F)(F)F)n(C)n2)s1.CCCN(C)C(=O)c1ccc(-c2cc(C(F)(F)F)n(C)n2)s1.Cn1nc(-c2ccc(C(=O)N3CCCCC3)s2)cc1C(F)(F)F.Cn1nc(-c2ccc(C(=O)N3CCN(c4ccc(Cl)cc4)CC3)s2)cc1C(F)(F)F. The number of likely N-dealkylation sites (tertiary alicyclic amines) is 1. The maximum Gasteiger partial charge on any atom is 0.433 e. The zero-order chi connectivity index (χ0) is 108. The quantitative estimate of drug-likeness (QED) is 0.0644. The highest BCUT2D eigenvalue weighted by molar-refractivity contribution is 7.19. The summed E-state index contributed by atoms with van der Waals surface area (Å²) in [5.74, 6) is -0.424. The normalized spacial score (nSPS) is 13.7. The summed E-state index contributed by atoms with van der Waals surface area (Å²) in [6.45, 7) is 17.3. The Morgan fingerprint density at radius 3 is 0.823 bits per heavy atom. The Labute approximate surface area is 861 Å². The van der Waals surface area contributed by atoms with Crippen LogP contribution in [0.15, 0.2) is 133 Å². The average molecular weight is 2210 g/mol. The van der Waals surface area contributed by atoms with E-state index in [0.717, 1.165) is 178 Å². The number of piperazine rings is 2. The monoisotopic (exact) mass is 2200 g/mol. The van der Waals surface area contributed by atoms with Crippen molar-refractivity contribution in [2.75, 3.05) is 111 Å². The van der Waals surface area contributed by atoms with Crippen LogP contribution in [0.5, 0.6) is 0 Å². The summed E-state index contributed by atoms with van der Waals surface area (Å²) in [5, 5.41) is 24.1. The molecule has 0 spiro atoms. The number of hydrogen-bond donors (Lipinski definition) is 0. The van der Waals surface area contributed by atoms with E-state index < -0.39 is 71.2 Å². The molecule has 794 valence electrons. The third kappa shape index (κ3) is 29.9. The van der Waals surface area contributed by atoms with Gasteiger partial charge in [-0.25, -0.2) is 0 Å². The summed E-state index contributed by atoms with van der Waals surface area (Å²) < 4.78 is 236. The molecule has 12 aromatic heterocycles. The molecular formula is C95H103ClF18N20O7S6. The standard InChI is InChI=1S/C20H18ClF3N4OS.C16H17F3N4O2S.C15H16F3N3OS.2C15H18F3N3OS.C14H16F3N3OS/c1-26-18(20(22,23)24)12-15(25-26)16-6-7-17(30-16)19(29)28-10-8-27(9-11-28)14-4-2-13(21)3-5-14;1-10(24)22-5-7-23(8-6-22)15(25)13-4-3-12(26-13)11-9-14(16(17,18)19)21(2)20-11;1-20-13(15(16,17)18)9-10(19-20)11-5-6-12(23-11)14(22)21-7-3-2-4-8-21;1-9(2)8-20(3)14(22)12-6-5-11(23-12)10-7-13(15(16,17)18)21(4)19-10;1-4-5-8-20(2)14(22)12-7-6-11(23-12)10-9-13(15(16,17)18)21(3)19-10;1-4-7-19(2)13(21)11-6-5-10(22-11)9-8-12(14(15,16)17)20(3)18-9/h2-7,12H,8-11H2,1H3;3-4,9H,5-8H2,1-2H3;5-6,9H,2-4,7-8H2,1H3;5-7,9H,8H2,1-4H3;6-7,9H,4-5,8H2,1-3H3;5-6,8H,4,7H2,1-3H3. The number of benzene rings is 1. The van der Waals surface area contributed by atoms with Gasteiger partial charge in [0.2, 0.25) is 5.91 Å². The van der Waals surface area contributed by atoms with E-state index >= 15 is 0 Å². The zero-order valence-corrected chi connectivity index (χ0v) is 87.3. The number of unbranched alkanes of at least 4 members (excludes halogenated alkanes) is 1. The molecule has 13 aromatic rings. The molecule has 7 amide bonds. The van der Waals surface area contributed by atoms with Crippen LogP contribution in [-0.4, -0.2) is 241 Å². The van der Waals surface area contributed by atoms with E-state index in [2.05, 4.69) is 35.5 Å². The molecular weight excluding hydrogens is 2100 g/mol. The van der Waals surface area contributed by atoms with Crippen LogP contribution in [0.2, 0.25) is 5.02 Å². The molecule has 147 heavy (non-hydrogen) atoms. The lowest BCUT2D eigenvalue weighted by molar-refractivity contribution is -0.144. The van der Waals surface area contributed by atoms with Gasteiger partial charge in [-0.1, -0.05) is 45.7 Å². The number of aromatic nitrogens is 12. The van der Waals surface area contributed by atoms with E-state index in [4.69, 9.17) is 11.6 Å². The topological polar surface area (TPSA) is 252 Å². The van der Waals surface area contributed by atoms with Gasteiger partial charge in [-0.3, -0.25) is 61.7 Å². The third-order valence-electron chi connectivity index (χ3n) is 22.9. The van der Waals surface area contributed by atoms with Gasteiger partial charge in [0.05, 0.1) is 58.5 Å². The molecule has 3 fully saturated rings. The van der Waals surface area contributed by atoms with Crippen molar-refractivity contribution in [2.45, 2.75) is 110 Å². The Morgan fingerprint density at radius 2 is 0.571 bits per heavy atom. The van der Waals surface area contributed by atoms with Crippen LogP contribution >= 0.6 is 79.6 Å². The summed E-state index contributed by atoms with van der Waals surface area (Å²) in [6, 6.07) is 33.2. The molecule has 15 heterocycles. The van der Waals surface area contributed by atoms with Gasteiger partial charge in [-0.2, -0.15) is 110 Å². The number of thiophene rings is 6. The van der Waals surface area contributed by atoms with E-state index in [1.165, 1.54) is 60.5 Å². The van der Waals surface area contributed by atoms with Gasteiger partial charge in [0, 0.05) is 166 Å². The smallest absolute Gasteiger partial charge is 0.368 e. The summed E-state index contributed by atoms with van der Waals surface area (Å²) in [4.78, 5) is 106. The van der Waals surface area contributed by atoms with Gasteiger partial charge in [0.25, 0.3) is 35.4 Å². The summed E-state index contributed by atoms with van der Waals surface area (Å²) in [5.41, 5.74) is -2.55. The minimum absolute atomic E-state index is 0.0221. The van der Waals surface area contributed by atoms with Crippen LogP contribution in [0.3, 0.4) is 0 Å². The Balaban J connectivity index is 0.000000168. The number of aryl methyl sites for hydroxylation is 6. The number of nitrogens with zero attached hydrogens (tertiary/aromatic N) is 20. The van der Waals surface area contributed by atoms with Crippen molar-refractivity contribution < 1.29 is 113 Å². The van der Waals surface area contributed by atoms with Crippen LogP contribution in [-0.2, 0) is 84.1 Å². The maximum atomic E-state index is 13.0. The highest BCUT2D eigenvalue weighted by Gasteiger charge is 2.42. The van der Waals surface area contributed by atoms with Gasteiger partial charge in [0.15, 0.2) is 0 Å². The number of amides is 7. The highest BCUT2D eigenvalue weighted by Crippen LogP contribution is 2.43. The largest absolute Gasteiger partial charge is 0.433 e. The first-order valence-corrected chi connectivity index (χ1v) is 50.8. The second-order valence-corrected chi connectivity index (χ2v) is 41.4. The van der Waals surface area contributed by atoms with Crippen molar-refractivity contribution in [1.82, 2.24) is 93.0 Å². The fourth-order valence-electron chi connectivity index (χ4n) is 15.4. The van der Waals surface area contributed by atoms with Crippen LogP contribution in [0, 0.1) is 5.92 Å². The lowest BCUT2D eigenvalue weighted by atomic mass is 10.1. The predicted octanol–water partition coefficient (Wildman–Crippen LogP) is 22.6. The molecule has 16 rings (SSSR count). The van der Waals surface area contributed by atoms with Crippen LogP contribution < -0.4 is 4.90 Å². The molecule has 27 nitrogen and oxygen atoms in total. The minimum atomic E-state index is -4.48. The number of rotatable bonds is 20. The minimum Gasteiger partial charge on any atom is -0.368 e. The first-order chi connectivity index (χ1) is 68.8. The van der Waals surface area contributed by atoms with E-state index in [9.17, 15) is 113 Å². The summed E-state index contributed by atoms with van der Waals surface area (Å²) >= 11 is 12.8. The number of carbonyl (C=O) groups is 7. The Hall–Kier alpha value is -12.2. The maximum absolute atomic E-state index is 13.0. The summed E-state index contributed by atoms with van der Waals surface area (Å²) in [7, 11) is 12.7. The van der Waals surface area contributed by atoms with Crippen molar-refractivity contribution in [1.29, 1.82) is 0 Å². The summed E-state index contributed by atoms with van der Waals surface area (Å²) in [6.07, 6.45) is -20.9. The number of carbonyl (C=O) groups excluding carboxylic acids is 7. The first-order valence-electron chi connectivity index (χ1n) is 45.5. The lowest BCUT2D eigenvalue weighted by Crippen LogP contribution is -2.49. The molecule has 0 saturated carbocycles. The molecule has 0 N–H and O–H groups in total.